The molecule has 4 nitrogen and oxygen atoms in total. The maximum absolute atomic E-state index is 12.0. The van der Waals surface area contributed by atoms with Crippen molar-refractivity contribution in [2.75, 3.05) is 13.2 Å². The van der Waals surface area contributed by atoms with Gasteiger partial charge in [-0.25, -0.2) is 0 Å². The highest BCUT2D eigenvalue weighted by molar-refractivity contribution is 9.10. The van der Waals surface area contributed by atoms with Crippen molar-refractivity contribution in [3.63, 3.8) is 0 Å². The van der Waals surface area contributed by atoms with Crippen LogP contribution < -0.4 is 10.1 Å². The zero-order valence-electron chi connectivity index (χ0n) is 10.4. The smallest absolute Gasteiger partial charge is 0.255 e. The minimum Gasteiger partial charge on any atom is -0.491 e. The lowest BCUT2D eigenvalue weighted by Crippen LogP contribution is -2.24. The second kappa shape index (κ2) is 5.50. The maximum atomic E-state index is 12.0. The lowest BCUT2D eigenvalue weighted by Gasteiger charge is -2.11. The summed E-state index contributed by atoms with van der Waals surface area (Å²) in [7, 11) is 0. The van der Waals surface area contributed by atoms with E-state index in [1.165, 1.54) is 0 Å². The normalized spacial score (nSPS) is 15.8. The lowest BCUT2D eigenvalue weighted by atomic mass is 10.0. The Kier molecular flexibility index (Phi) is 3.72. The minimum absolute atomic E-state index is 0.149. The standard InChI is InChI=1S/C14H11BrClNO3/c15-12-4-3-11(20-12)13(16)8-1-2-10-9(7-8)14(18)17-5-6-19-10/h1-4,7,13H,5-6H2,(H,17,18). The van der Waals surface area contributed by atoms with E-state index in [4.69, 9.17) is 20.8 Å². The first-order valence-corrected chi connectivity index (χ1v) is 7.32. The molecule has 0 spiro atoms. The van der Waals surface area contributed by atoms with Crippen LogP contribution in [0.5, 0.6) is 5.75 Å². The van der Waals surface area contributed by atoms with Crippen LogP contribution in [-0.2, 0) is 0 Å². The Morgan fingerprint density at radius 2 is 2.15 bits per heavy atom. The van der Waals surface area contributed by atoms with Gasteiger partial charge in [0.2, 0.25) is 0 Å². The van der Waals surface area contributed by atoms with Crippen LogP contribution in [0.15, 0.2) is 39.4 Å². The molecule has 0 saturated carbocycles. The highest BCUT2D eigenvalue weighted by Gasteiger charge is 2.21. The van der Waals surface area contributed by atoms with E-state index in [1.807, 2.05) is 6.07 Å². The number of fused-ring (bicyclic) bond motifs is 1. The van der Waals surface area contributed by atoms with Crippen LogP contribution in [0.25, 0.3) is 0 Å². The zero-order valence-corrected chi connectivity index (χ0v) is 12.7. The van der Waals surface area contributed by atoms with Crippen LogP contribution in [0, 0.1) is 0 Å². The molecular formula is C14H11BrClNO3. The zero-order chi connectivity index (χ0) is 14.1. The summed E-state index contributed by atoms with van der Waals surface area (Å²) >= 11 is 9.63. The first kappa shape index (κ1) is 13.5. The van der Waals surface area contributed by atoms with Gasteiger partial charge in [0.1, 0.15) is 23.5 Å². The molecule has 1 aliphatic rings. The summed E-state index contributed by atoms with van der Waals surface area (Å²) in [4.78, 5) is 12.0. The second-order valence-electron chi connectivity index (χ2n) is 4.36. The van der Waals surface area contributed by atoms with Crippen molar-refractivity contribution in [2.45, 2.75) is 5.38 Å². The number of carbonyl (C=O) groups is 1. The van der Waals surface area contributed by atoms with Gasteiger partial charge in [0.15, 0.2) is 4.67 Å². The summed E-state index contributed by atoms with van der Waals surface area (Å²) in [6, 6.07) is 8.92. The van der Waals surface area contributed by atoms with Crippen molar-refractivity contribution < 1.29 is 13.9 Å². The van der Waals surface area contributed by atoms with E-state index >= 15 is 0 Å². The summed E-state index contributed by atoms with van der Waals surface area (Å²) in [6.45, 7) is 0.964. The summed E-state index contributed by atoms with van der Waals surface area (Å²) in [5.74, 6) is 1.05. The fraction of sp³-hybridized carbons (Fsp3) is 0.214. The number of hydrogen-bond acceptors (Lipinski definition) is 3. The van der Waals surface area contributed by atoms with Crippen molar-refractivity contribution in [1.29, 1.82) is 0 Å². The van der Waals surface area contributed by atoms with Crippen LogP contribution in [-0.4, -0.2) is 19.1 Å². The number of ether oxygens (including phenoxy) is 1. The number of benzene rings is 1. The summed E-state index contributed by atoms with van der Waals surface area (Å²) in [5, 5.41) is 2.32. The van der Waals surface area contributed by atoms with Gasteiger partial charge >= 0.3 is 0 Å². The molecule has 1 atom stereocenters. The fourth-order valence-corrected chi connectivity index (χ4v) is 2.63. The van der Waals surface area contributed by atoms with E-state index in [-0.39, 0.29) is 5.91 Å². The molecular weight excluding hydrogens is 346 g/mol. The molecule has 2 aromatic rings. The van der Waals surface area contributed by atoms with Gasteiger partial charge in [0, 0.05) is 0 Å². The molecule has 1 aromatic heterocycles. The molecule has 2 heterocycles. The number of alkyl halides is 1. The highest BCUT2D eigenvalue weighted by Crippen LogP contribution is 2.34. The Bertz CT molecular complexity index is 656. The Labute approximate surface area is 129 Å². The Morgan fingerprint density at radius 1 is 1.30 bits per heavy atom. The number of hydrogen-bond donors (Lipinski definition) is 1. The third-order valence-corrected chi connectivity index (χ3v) is 3.92. The molecule has 6 heteroatoms. The SMILES string of the molecule is O=C1NCCOc2ccc(C(Cl)c3ccc(Br)o3)cc21. The molecule has 20 heavy (non-hydrogen) atoms. The molecule has 0 fully saturated rings. The van der Waals surface area contributed by atoms with Crippen LogP contribution in [0.2, 0.25) is 0 Å². The third kappa shape index (κ3) is 2.55. The average molecular weight is 357 g/mol. The van der Waals surface area contributed by atoms with Crippen molar-refractivity contribution in [1.82, 2.24) is 5.32 Å². The van der Waals surface area contributed by atoms with E-state index in [0.717, 1.165) is 5.56 Å². The van der Waals surface area contributed by atoms with E-state index < -0.39 is 5.38 Å². The minimum atomic E-state index is -0.456. The van der Waals surface area contributed by atoms with Gasteiger partial charge in [-0.05, 0) is 45.8 Å². The molecule has 1 aliphatic heterocycles. The molecule has 1 aromatic carbocycles. The maximum Gasteiger partial charge on any atom is 0.255 e. The molecule has 0 aliphatic carbocycles. The molecule has 0 radical (unpaired) electrons. The first-order chi connectivity index (χ1) is 9.65. The van der Waals surface area contributed by atoms with Crippen LogP contribution in [0.3, 0.4) is 0 Å². The Hall–Kier alpha value is -1.46. The van der Waals surface area contributed by atoms with Gasteiger partial charge in [0.25, 0.3) is 5.91 Å². The molecule has 1 unspecified atom stereocenters. The van der Waals surface area contributed by atoms with E-state index in [9.17, 15) is 4.79 Å². The Balaban J connectivity index is 1.97. The number of nitrogens with one attached hydrogen (secondary N) is 1. The van der Waals surface area contributed by atoms with Gasteiger partial charge in [-0.2, -0.15) is 0 Å². The summed E-state index contributed by atoms with van der Waals surface area (Å²) in [5.41, 5.74) is 1.28. The van der Waals surface area contributed by atoms with Crippen LogP contribution >= 0.6 is 27.5 Å². The van der Waals surface area contributed by atoms with Crippen LogP contribution in [0.1, 0.15) is 27.1 Å². The van der Waals surface area contributed by atoms with E-state index in [1.54, 1.807) is 24.3 Å². The second-order valence-corrected chi connectivity index (χ2v) is 5.58. The molecule has 1 amide bonds. The topological polar surface area (TPSA) is 51.5 Å². The largest absolute Gasteiger partial charge is 0.491 e. The van der Waals surface area contributed by atoms with Gasteiger partial charge in [-0.15, -0.1) is 11.6 Å². The molecule has 3 rings (SSSR count). The van der Waals surface area contributed by atoms with Gasteiger partial charge in [0.05, 0.1) is 12.1 Å². The number of furan rings is 1. The third-order valence-electron chi connectivity index (χ3n) is 3.03. The predicted molar refractivity (Wildman–Crippen MR) is 78.4 cm³/mol. The number of amides is 1. The molecule has 1 N–H and O–H groups in total. The predicted octanol–water partition coefficient (Wildman–Crippen LogP) is 3.49. The molecule has 0 bridgehead atoms. The summed E-state index contributed by atoms with van der Waals surface area (Å²) < 4.78 is 11.6. The summed E-state index contributed by atoms with van der Waals surface area (Å²) in [6.07, 6.45) is 0. The lowest BCUT2D eigenvalue weighted by molar-refractivity contribution is 0.0957. The number of halogens is 2. The van der Waals surface area contributed by atoms with E-state index in [2.05, 4.69) is 21.2 Å². The average Bonchev–Trinajstić information content (AvgIpc) is 2.80. The quantitative estimate of drug-likeness (QED) is 0.838. The molecule has 0 saturated heterocycles. The fourth-order valence-electron chi connectivity index (χ4n) is 2.06. The van der Waals surface area contributed by atoms with Crippen molar-refractivity contribution in [3.05, 3.63) is 51.9 Å². The van der Waals surface area contributed by atoms with Crippen molar-refractivity contribution in [3.8, 4) is 5.75 Å². The highest BCUT2D eigenvalue weighted by atomic mass is 79.9. The van der Waals surface area contributed by atoms with Crippen LogP contribution in [0.4, 0.5) is 0 Å². The van der Waals surface area contributed by atoms with Gasteiger partial charge in [-0.1, -0.05) is 6.07 Å². The van der Waals surface area contributed by atoms with Crippen molar-refractivity contribution in [2.24, 2.45) is 0 Å². The Morgan fingerprint density at radius 3 is 2.90 bits per heavy atom. The monoisotopic (exact) mass is 355 g/mol. The molecule has 104 valence electrons. The first-order valence-electron chi connectivity index (χ1n) is 6.09. The van der Waals surface area contributed by atoms with Gasteiger partial charge in [-0.3, -0.25) is 4.79 Å². The number of rotatable bonds is 2. The number of carbonyl (C=O) groups excluding carboxylic acids is 1. The van der Waals surface area contributed by atoms with E-state index in [0.29, 0.717) is 34.9 Å². The van der Waals surface area contributed by atoms with Gasteiger partial charge < -0.3 is 14.5 Å². The van der Waals surface area contributed by atoms with Crippen molar-refractivity contribution >= 4 is 33.4 Å².